The van der Waals surface area contributed by atoms with Crippen LogP contribution in [0.2, 0.25) is 0 Å². The van der Waals surface area contributed by atoms with Gasteiger partial charge in [-0.1, -0.05) is 29.4 Å². The molecule has 0 aliphatic rings. The molecule has 0 unspecified atom stereocenters. The largest absolute Gasteiger partial charge is 0.410 e. The molecule has 23 heavy (non-hydrogen) atoms. The number of hydrogen-bond donors (Lipinski definition) is 3. The van der Waals surface area contributed by atoms with E-state index in [1.54, 1.807) is 48.5 Å². The summed E-state index contributed by atoms with van der Waals surface area (Å²) < 4.78 is 27.3. The average molecular weight is 334 g/mol. The highest BCUT2D eigenvalue weighted by atomic mass is 32.2. The molecule has 4 N–H and O–H groups in total. The molecule has 0 bridgehead atoms. The van der Waals surface area contributed by atoms with E-state index >= 15 is 0 Å². The lowest BCUT2D eigenvalue weighted by Gasteiger charge is -2.14. The Hall–Kier alpha value is -2.58. The van der Waals surface area contributed by atoms with Crippen LogP contribution in [0, 0.1) is 0 Å². The standard InChI is InChI=1S/C15H18N4O3S/c1-19(2)23(21,22)18-14-8-4-6-12(10-14)15(17-20)11-5-3-7-13(16)9-11/h3-10,18,20H,16H2,1-2H3/b17-15+. The molecule has 0 spiro atoms. The summed E-state index contributed by atoms with van der Waals surface area (Å²) in [6.07, 6.45) is 0. The van der Waals surface area contributed by atoms with Crippen LogP contribution in [0.5, 0.6) is 0 Å². The van der Waals surface area contributed by atoms with E-state index in [0.29, 0.717) is 28.2 Å². The monoisotopic (exact) mass is 334 g/mol. The second-order valence-electron chi connectivity index (χ2n) is 5.04. The summed E-state index contributed by atoms with van der Waals surface area (Å²) in [5.41, 5.74) is 8.11. The summed E-state index contributed by atoms with van der Waals surface area (Å²) in [5.74, 6) is 0. The zero-order valence-corrected chi connectivity index (χ0v) is 13.6. The third-order valence-electron chi connectivity index (χ3n) is 3.12. The molecule has 0 heterocycles. The van der Waals surface area contributed by atoms with Gasteiger partial charge in [-0.15, -0.1) is 0 Å². The van der Waals surface area contributed by atoms with E-state index in [2.05, 4.69) is 9.88 Å². The summed E-state index contributed by atoms with van der Waals surface area (Å²) in [4.78, 5) is 0. The first-order valence-corrected chi connectivity index (χ1v) is 8.16. The summed E-state index contributed by atoms with van der Waals surface area (Å²) in [5, 5.41) is 12.7. The molecule has 8 heteroatoms. The molecule has 0 aromatic heterocycles. The van der Waals surface area contributed by atoms with Gasteiger partial charge in [-0.2, -0.15) is 12.7 Å². The van der Waals surface area contributed by atoms with Crippen LogP contribution in [0.25, 0.3) is 0 Å². The van der Waals surface area contributed by atoms with Gasteiger partial charge < -0.3 is 10.9 Å². The van der Waals surface area contributed by atoms with Gasteiger partial charge in [0.25, 0.3) is 0 Å². The molecule has 122 valence electrons. The van der Waals surface area contributed by atoms with Crippen molar-refractivity contribution in [2.24, 2.45) is 5.16 Å². The van der Waals surface area contributed by atoms with Crippen LogP contribution in [-0.4, -0.2) is 37.7 Å². The Kier molecular flexibility index (Phi) is 4.87. The Labute approximate surface area is 135 Å². The number of oxime groups is 1. The number of anilines is 2. The smallest absolute Gasteiger partial charge is 0.301 e. The second-order valence-corrected chi connectivity index (χ2v) is 6.93. The number of rotatable bonds is 5. The molecule has 0 aliphatic carbocycles. The molecule has 2 aromatic rings. The number of hydrogen-bond acceptors (Lipinski definition) is 5. The van der Waals surface area contributed by atoms with Crippen molar-refractivity contribution in [1.82, 2.24) is 4.31 Å². The Balaban J connectivity index is 2.39. The number of nitrogen functional groups attached to an aromatic ring is 1. The molecular formula is C15H18N4O3S. The van der Waals surface area contributed by atoms with E-state index in [4.69, 9.17) is 5.73 Å². The van der Waals surface area contributed by atoms with E-state index in [9.17, 15) is 13.6 Å². The zero-order chi connectivity index (χ0) is 17.0. The Morgan fingerprint density at radius 3 is 2.30 bits per heavy atom. The van der Waals surface area contributed by atoms with Crippen molar-refractivity contribution < 1.29 is 13.6 Å². The lowest BCUT2D eigenvalue weighted by molar-refractivity contribution is 0.319. The van der Waals surface area contributed by atoms with Crippen molar-refractivity contribution in [3.8, 4) is 0 Å². The van der Waals surface area contributed by atoms with Crippen LogP contribution in [0.3, 0.4) is 0 Å². The summed E-state index contributed by atoms with van der Waals surface area (Å²) in [7, 11) is -0.751. The first-order valence-electron chi connectivity index (χ1n) is 6.72. The van der Waals surface area contributed by atoms with Gasteiger partial charge >= 0.3 is 10.2 Å². The highest BCUT2D eigenvalue weighted by Gasteiger charge is 2.14. The maximum absolute atomic E-state index is 11.9. The molecule has 0 aliphatic heterocycles. The third-order valence-corrected chi connectivity index (χ3v) is 4.58. The minimum absolute atomic E-state index is 0.295. The van der Waals surface area contributed by atoms with Crippen LogP contribution in [0.4, 0.5) is 11.4 Å². The highest BCUT2D eigenvalue weighted by molar-refractivity contribution is 7.90. The molecule has 0 radical (unpaired) electrons. The van der Waals surface area contributed by atoms with Crippen LogP contribution < -0.4 is 10.5 Å². The van der Waals surface area contributed by atoms with Crippen LogP contribution in [0.1, 0.15) is 11.1 Å². The molecule has 2 aromatic carbocycles. The number of nitrogens with one attached hydrogen (secondary N) is 1. The number of nitrogens with zero attached hydrogens (tertiary/aromatic N) is 2. The predicted molar refractivity (Wildman–Crippen MR) is 91.0 cm³/mol. The SMILES string of the molecule is CN(C)S(=O)(=O)Nc1cccc(/C(=N/O)c2cccc(N)c2)c1. The fourth-order valence-corrected chi connectivity index (χ4v) is 2.55. The van der Waals surface area contributed by atoms with Crippen molar-refractivity contribution >= 4 is 27.3 Å². The van der Waals surface area contributed by atoms with Crippen LogP contribution in [-0.2, 0) is 10.2 Å². The highest BCUT2D eigenvalue weighted by Crippen LogP contribution is 2.18. The van der Waals surface area contributed by atoms with Crippen molar-refractivity contribution in [3.63, 3.8) is 0 Å². The summed E-state index contributed by atoms with van der Waals surface area (Å²) >= 11 is 0. The molecule has 0 saturated heterocycles. The van der Waals surface area contributed by atoms with E-state index in [0.717, 1.165) is 4.31 Å². The first-order chi connectivity index (χ1) is 10.8. The average Bonchev–Trinajstić information content (AvgIpc) is 2.48. The maximum atomic E-state index is 11.9. The van der Waals surface area contributed by atoms with Crippen molar-refractivity contribution in [1.29, 1.82) is 0 Å². The van der Waals surface area contributed by atoms with Crippen molar-refractivity contribution in [2.45, 2.75) is 0 Å². The molecule has 0 atom stereocenters. The molecule has 0 amide bonds. The van der Waals surface area contributed by atoms with Gasteiger partial charge in [0.1, 0.15) is 5.71 Å². The van der Waals surface area contributed by atoms with Gasteiger partial charge in [-0.05, 0) is 24.3 Å². The number of benzene rings is 2. The lowest BCUT2D eigenvalue weighted by atomic mass is 10.0. The zero-order valence-electron chi connectivity index (χ0n) is 12.8. The van der Waals surface area contributed by atoms with Gasteiger partial charge in [0.15, 0.2) is 0 Å². The lowest BCUT2D eigenvalue weighted by Crippen LogP contribution is -2.29. The van der Waals surface area contributed by atoms with Gasteiger partial charge in [0.2, 0.25) is 0 Å². The second kappa shape index (κ2) is 6.67. The van der Waals surface area contributed by atoms with Crippen LogP contribution in [0.15, 0.2) is 53.7 Å². The van der Waals surface area contributed by atoms with Crippen LogP contribution >= 0.6 is 0 Å². The Morgan fingerprint density at radius 1 is 1.13 bits per heavy atom. The molecule has 7 nitrogen and oxygen atoms in total. The Bertz CT molecular complexity index is 832. The van der Waals surface area contributed by atoms with E-state index in [-0.39, 0.29) is 0 Å². The first kappa shape index (κ1) is 16.8. The van der Waals surface area contributed by atoms with Gasteiger partial charge in [-0.3, -0.25) is 4.72 Å². The van der Waals surface area contributed by atoms with Gasteiger partial charge in [0, 0.05) is 30.9 Å². The topological polar surface area (TPSA) is 108 Å². The van der Waals surface area contributed by atoms with Gasteiger partial charge in [0.05, 0.1) is 5.69 Å². The van der Waals surface area contributed by atoms with Crippen molar-refractivity contribution in [3.05, 3.63) is 59.7 Å². The Morgan fingerprint density at radius 2 is 1.74 bits per heavy atom. The molecule has 2 rings (SSSR count). The maximum Gasteiger partial charge on any atom is 0.301 e. The molecule has 0 saturated carbocycles. The molecule has 0 fully saturated rings. The molecular weight excluding hydrogens is 316 g/mol. The predicted octanol–water partition coefficient (Wildman–Crippen LogP) is 1.71. The van der Waals surface area contributed by atoms with Gasteiger partial charge in [-0.25, -0.2) is 0 Å². The van der Waals surface area contributed by atoms with E-state index in [1.165, 1.54) is 14.1 Å². The fourth-order valence-electron chi connectivity index (χ4n) is 1.94. The minimum Gasteiger partial charge on any atom is -0.410 e. The third kappa shape index (κ3) is 3.99. The fraction of sp³-hybridized carbons (Fsp3) is 0.133. The minimum atomic E-state index is -3.61. The number of nitrogens with two attached hydrogens (primary N) is 1. The quantitative estimate of drug-likeness (QED) is 0.335. The normalized spacial score (nSPS) is 12.4. The van der Waals surface area contributed by atoms with Crippen molar-refractivity contribution in [2.75, 3.05) is 24.6 Å². The summed E-state index contributed by atoms with van der Waals surface area (Å²) in [6, 6.07) is 13.5. The summed E-state index contributed by atoms with van der Waals surface area (Å²) in [6.45, 7) is 0. The van der Waals surface area contributed by atoms with E-state index in [1.807, 2.05) is 0 Å². The van der Waals surface area contributed by atoms with E-state index < -0.39 is 10.2 Å².